The average molecular weight is 234 g/mol. The normalized spacial score (nSPS) is 22.3. The number of hydrogen-bond donors (Lipinski definition) is 1. The first-order valence-corrected chi connectivity index (χ1v) is 6.62. The highest BCUT2D eigenvalue weighted by Gasteiger charge is 2.13. The molecule has 1 saturated heterocycles. The van der Waals surface area contributed by atoms with Crippen molar-refractivity contribution in [3.63, 3.8) is 0 Å². The predicted octanol–water partition coefficient (Wildman–Crippen LogP) is 2.69. The minimum atomic E-state index is 0.0970. The fourth-order valence-electron chi connectivity index (χ4n) is 2.26. The molecule has 0 aromatic carbocycles. The first kappa shape index (κ1) is 12.5. The summed E-state index contributed by atoms with van der Waals surface area (Å²) < 4.78 is 5.83. The highest BCUT2D eigenvalue weighted by Crippen LogP contribution is 2.15. The average Bonchev–Trinajstić information content (AvgIpc) is 2.41. The van der Waals surface area contributed by atoms with Gasteiger partial charge in [-0.2, -0.15) is 0 Å². The van der Waals surface area contributed by atoms with Crippen molar-refractivity contribution in [2.45, 2.75) is 44.8 Å². The Morgan fingerprint density at radius 2 is 2.41 bits per heavy atom. The summed E-state index contributed by atoms with van der Waals surface area (Å²) in [5, 5.41) is 3.54. The Balaban J connectivity index is 1.67. The fourth-order valence-corrected chi connectivity index (χ4v) is 2.26. The van der Waals surface area contributed by atoms with E-state index in [1.165, 1.54) is 25.8 Å². The van der Waals surface area contributed by atoms with E-state index in [0.717, 1.165) is 18.7 Å². The third kappa shape index (κ3) is 4.10. The van der Waals surface area contributed by atoms with E-state index in [1.54, 1.807) is 0 Å². The summed E-state index contributed by atoms with van der Waals surface area (Å²) >= 11 is 0. The Labute approximate surface area is 104 Å². The van der Waals surface area contributed by atoms with Gasteiger partial charge in [0.2, 0.25) is 0 Å². The molecule has 1 aliphatic rings. The van der Waals surface area contributed by atoms with Crippen LogP contribution in [0, 0.1) is 0 Å². The molecule has 3 heteroatoms. The van der Waals surface area contributed by atoms with E-state index in [-0.39, 0.29) is 6.10 Å². The monoisotopic (exact) mass is 234 g/mol. The Bertz CT molecular complexity index is 309. The minimum Gasteiger partial charge on any atom is -0.372 e. The number of aromatic nitrogens is 1. The highest BCUT2D eigenvalue weighted by atomic mass is 16.5. The van der Waals surface area contributed by atoms with Gasteiger partial charge in [0.1, 0.15) is 0 Å². The van der Waals surface area contributed by atoms with E-state index in [4.69, 9.17) is 4.74 Å². The lowest BCUT2D eigenvalue weighted by molar-refractivity contribution is 0.0546. The number of nitrogens with one attached hydrogen (secondary N) is 1. The summed E-state index contributed by atoms with van der Waals surface area (Å²) in [5.74, 6) is 0. The van der Waals surface area contributed by atoms with Crippen LogP contribution in [0.1, 0.15) is 44.4 Å². The topological polar surface area (TPSA) is 34.1 Å². The minimum absolute atomic E-state index is 0.0970. The van der Waals surface area contributed by atoms with Gasteiger partial charge in [0.25, 0.3) is 0 Å². The second-order valence-electron chi connectivity index (χ2n) is 4.70. The molecule has 0 spiro atoms. The maximum Gasteiger partial charge on any atom is 0.0966 e. The van der Waals surface area contributed by atoms with Crippen molar-refractivity contribution in [1.82, 2.24) is 10.3 Å². The van der Waals surface area contributed by atoms with E-state index in [1.807, 2.05) is 24.4 Å². The van der Waals surface area contributed by atoms with Crippen LogP contribution >= 0.6 is 0 Å². The number of hydrogen-bond acceptors (Lipinski definition) is 3. The second-order valence-corrected chi connectivity index (χ2v) is 4.70. The molecule has 1 aromatic rings. The first-order valence-electron chi connectivity index (χ1n) is 6.62. The molecule has 0 radical (unpaired) electrons. The summed E-state index contributed by atoms with van der Waals surface area (Å²) in [6.45, 7) is 4.05. The summed E-state index contributed by atoms with van der Waals surface area (Å²) in [6, 6.07) is 6.61. The molecule has 0 aliphatic carbocycles. The smallest absolute Gasteiger partial charge is 0.0966 e. The van der Waals surface area contributed by atoms with Crippen LogP contribution in [0.4, 0.5) is 0 Å². The zero-order valence-corrected chi connectivity index (χ0v) is 10.6. The van der Waals surface area contributed by atoms with Gasteiger partial charge in [0.05, 0.1) is 11.8 Å². The second kappa shape index (κ2) is 6.72. The molecule has 0 amide bonds. The molecule has 17 heavy (non-hydrogen) atoms. The molecule has 1 fully saturated rings. The third-order valence-electron chi connectivity index (χ3n) is 3.35. The summed E-state index contributed by atoms with van der Waals surface area (Å²) in [7, 11) is 0. The lowest BCUT2D eigenvalue weighted by atomic mass is 10.0. The van der Waals surface area contributed by atoms with E-state index < -0.39 is 0 Å². The fraction of sp³-hybridized carbons (Fsp3) is 0.643. The quantitative estimate of drug-likeness (QED) is 0.850. The molecule has 0 bridgehead atoms. The van der Waals surface area contributed by atoms with Gasteiger partial charge in [-0.1, -0.05) is 12.5 Å². The third-order valence-corrected chi connectivity index (χ3v) is 3.35. The van der Waals surface area contributed by atoms with Crippen LogP contribution in [0.3, 0.4) is 0 Å². The van der Waals surface area contributed by atoms with Crippen LogP contribution in [0.5, 0.6) is 0 Å². The molecule has 1 N–H and O–H groups in total. The number of rotatable bonds is 5. The van der Waals surface area contributed by atoms with Crippen LogP contribution in [0.25, 0.3) is 0 Å². The number of ether oxygens (including phenoxy) is 1. The van der Waals surface area contributed by atoms with Gasteiger partial charge in [-0.3, -0.25) is 4.98 Å². The molecular weight excluding hydrogens is 212 g/mol. The van der Waals surface area contributed by atoms with E-state index in [0.29, 0.717) is 6.04 Å². The van der Waals surface area contributed by atoms with E-state index in [9.17, 15) is 0 Å². The lowest BCUT2D eigenvalue weighted by Gasteiger charge is -2.24. The first-order chi connectivity index (χ1) is 8.36. The van der Waals surface area contributed by atoms with Gasteiger partial charge in [0, 0.05) is 18.8 Å². The lowest BCUT2D eigenvalue weighted by Crippen LogP contribution is -2.34. The molecule has 2 heterocycles. The molecule has 1 aliphatic heterocycles. The summed E-state index contributed by atoms with van der Waals surface area (Å²) in [6.07, 6.45) is 6.99. The zero-order valence-electron chi connectivity index (χ0n) is 10.6. The van der Waals surface area contributed by atoms with Gasteiger partial charge in [-0.15, -0.1) is 0 Å². The Kier molecular flexibility index (Phi) is 4.95. The van der Waals surface area contributed by atoms with E-state index >= 15 is 0 Å². The Morgan fingerprint density at radius 3 is 3.12 bits per heavy atom. The number of piperidine rings is 1. The van der Waals surface area contributed by atoms with Gasteiger partial charge < -0.3 is 10.1 Å². The summed E-state index contributed by atoms with van der Waals surface area (Å²) in [4.78, 5) is 4.30. The Hall–Kier alpha value is -0.930. The number of pyridine rings is 1. The maximum absolute atomic E-state index is 5.83. The van der Waals surface area contributed by atoms with Crippen LogP contribution in [-0.2, 0) is 4.74 Å². The molecule has 1 aromatic heterocycles. The SMILES string of the molecule is C[C@H](OCC[C@H]1CCCCN1)c1ccccn1. The van der Waals surface area contributed by atoms with Crippen LogP contribution in [0.15, 0.2) is 24.4 Å². The van der Waals surface area contributed by atoms with Crippen LogP contribution in [0.2, 0.25) is 0 Å². The van der Waals surface area contributed by atoms with Crippen LogP contribution in [-0.4, -0.2) is 24.2 Å². The Morgan fingerprint density at radius 1 is 1.47 bits per heavy atom. The molecule has 3 nitrogen and oxygen atoms in total. The molecular formula is C14H22N2O. The zero-order chi connectivity index (χ0) is 11.9. The maximum atomic E-state index is 5.83. The molecule has 2 rings (SSSR count). The van der Waals surface area contributed by atoms with Crippen molar-refractivity contribution < 1.29 is 4.74 Å². The largest absolute Gasteiger partial charge is 0.372 e. The molecule has 94 valence electrons. The van der Waals surface area contributed by atoms with Gasteiger partial charge >= 0.3 is 0 Å². The molecule has 0 unspecified atom stereocenters. The summed E-state index contributed by atoms with van der Waals surface area (Å²) in [5.41, 5.74) is 1.02. The highest BCUT2D eigenvalue weighted by molar-refractivity contribution is 5.05. The molecule has 2 atom stereocenters. The van der Waals surface area contributed by atoms with E-state index in [2.05, 4.69) is 17.2 Å². The van der Waals surface area contributed by atoms with Crippen molar-refractivity contribution in [3.05, 3.63) is 30.1 Å². The number of nitrogens with zero attached hydrogens (tertiary/aromatic N) is 1. The van der Waals surface area contributed by atoms with Gasteiger partial charge in [0.15, 0.2) is 0 Å². The molecule has 0 saturated carbocycles. The van der Waals surface area contributed by atoms with Crippen molar-refractivity contribution in [2.75, 3.05) is 13.2 Å². The standard InChI is InChI=1S/C14H22N2O/c1-12(14-7-3-5-10-16-14)17-11-8-13-6-2-4-9-15-13/h3,5,7,10,12-13,15H,2,4,6,8-9,11H2,1H3/t12-,13+/m0/s1. The van der Waals surface area contributed by atoms with Gasteiger partial charge in [-0.25, -0.2) is 0 Å². The van der Waals surface area contributed by atoms with Crippen molar-refractivity contribution in [1.29, 1.82) is 0 Å². The van der Waals surface area contributed by atoms with Gasteiger partial charge in [-0.05, 0) is 44.9 Å². The van der Waals surface area contributed by atoms with Crippen molar-refractivity contribution >= 4 is 0 Å². The van der Waals surface area contributed by atoms with Crippen LogP contribution < -0.4 is 5.32 Å². The van der Waals surface area contributed by atoms with Crippen molar-refractivity contribution in [3.8, 4) is 0 Å². The van der Waals surface area contributed by atoms with Crippen molar-refractivity contribution in [2.24, 2.45) is 0 Å². The predicted molar refractivity (Wildman–Crippen MR) is 68.9 cm³/mol.